The van der Waals surface area contributed by atoms with E-state index in [2.05, 4.69) is 4.74 Å². The number of nitrogens with zero attached hydrogens (tertiary/aromatic N) is 1. The van der Waals surface area contributed by atoms with E-state index in [9.17, 15) is 4.79 Å². The molecule has 96 valence electrons. The van der Waals surface area contributed by atoms with Gasteiger partial charge in [-0.1, -0.05) is 0 Å². The van der Waals surface area contributed by atoms with Gasteiger partial charge in [0.15, 0.2) is 11.5 Å². The summed E-state index contributed by atoms with van der Waals surface area (Å²) < 4.78 is 15.3. The summed E-state index contributed by atoms with van der Waals surface area (Å²) >= 11 is 0. The molecule has 1 aromatic carbocycles. The van der Waals surface area contributed by atoms with E-state index in [4.69, 9.17) is 14.7 Å². The third-order valence-corrected chi connectivity index (χ3v) is 2.30. The Morgan fingerprint density at radius 2 is 2.11 bits per heavy atom. The highest BCUT2D eigenvalue weighted by Crippen LogP contribution is 2.29. The standard InChI is InChI=1S/C13H15NO4/c1-9(6-13(15)17-3)18-11-5-4-10(8-14)7-12(11)16-2/h4-5,7,9H,6H2,1-3H3. The van der Waals surface area contributed by atoms with Crippen LogP contribution in [0.4, 0.5) is 0 Å². The summed E-state index contributed by atoms with van der Waals surface area (Å²) in [6.07, 6.45) is -0.182. The molecule has 0 fully saturated rings. The van der Waals surface area contributed by atoms with Gasteiger partial charge in [-0.3, -0.25) is 4.79 Å². The van der Waals surface area contributed by atoms with E-state index in [0.29, 0.717) is 17.1 Å². The molecular formula is C13H15NO4. The third-order valence-electron chi connectivity index (χ3n) is 2.30. The minimum absolute atomic E-state index is 0.152. The number of methoxy groups -OCH3 is 2. The van der Waals surface area contributed by atoms with Crippen molar-refractivity contribution in [3.8, 4) is 17.6 Å². The van der Waals surface area contributed by atoms with E-state index in [1.807, 2.05) is 6.07 Å². The number of carbonyl (C=O) groups excluding carboxylic acids is 1. The highest BCUT2D eigenvalue weighted by molar-refractivity contribution is 5.69. The first-order valence-electron chi connectivity index (χ1n) is 5.42. The minimum atomic E-state index is -0.338. The average molecular weight is 249 g/mol. The maximum atomic E-state index is 11.1. The van der Waals surface area contributed by atoms with Gasteiger partial charge in [0.1, 0.15) is 6.10 Å². The topological polar surface area (TPSA) is 68.5 Å². The summed E-state index contributed by atoms with van der Waals surface area (Å²) in [4.78, 5) is 11.1. The van der Waals surface area contributed by atoms with Gasteiger partial charge >= 0.3 is 5.97 Å². The lowest BCUT2D eigenvalue weighted by molar-refractivity contribution is -0.142. The van der Waals surface area contributed by atoms with Crippen molar-refractivity contribution in [2.45, 2.75) is 19.4 Å². The van der Waals surface area contributed by atoms with Crippen molar-refractivity contribution in [1.82, 2.24) is 0 Å². The van der Waals surface area contributed by atoms with Crippen LogP contribution in [0.2, 0.25) is 0 Å². The van der Waals surface area contributed by atoms with Crippen molar-refractivity contribution in [3.63, 3.8) is 0 Å². The Hall–Kier alpha value is -2.22. The number of benzene rings is 1. The zero-order chi connectivity index (χ0) is 13.5. The normalized spacial score (nSPS) is 11.2. The molecule has 0 saturated heterocycles. The van der Waals surface area contributed by atoms with Crippen LogP contribution in [0.25, 0.3) is 0 Å². The summed E-state index contributed by atoms with van der Waals surface area (Å²) in [5, 5.41) is 8.77. The first kappa shape index (κ1) is 13.8. The van der Waals surface area contributed by atoms with E-state index in [1.54, 1.807) is 25.1 Å². The maximum Gasteiger partial charge on any atom is 0.309 e. The predicted octanol–water partition coefficient (Wildman–Crippen LogP) is 1.90. The second-order valence-electron chi connectivity index (χ2n) is 3.69. The molecule has 0 aliphatic heterocycles. The quantitative estimate of drug-likeness (QED) is 0.745. The third kappa shape index (κ3) is 3.67. The maximum absolute atomic E-state index is 11.1. The number of hydrogen-bond donors (Lipinski definition) is 0. The molecule has 1 rings (SSSR count). The minimum Gasteiger partial charge on any atom is -0.493 e. The lowest BCUT2D eigenvalue weighted by Gasteiger charge is -2.16. The Labute approximate surface area is 106 Å². The fraction of sp³-hybridized carbons (Fsp3) is 0.385. The zero-order valence-electron chi connectivity index (χ0n) is 10.6. The summed E-state index contributed by atoms with van der Waals surface area (Å²) in [6, 6.07) is 6.87. The van der Waals surface area contributed by atoms with Crippen LogP contribution in [0, 0.1) is 11.3 Å². The molecule has 0 saturated carbocycles. The van der Waals surface area contributed by atoms with Gasteiger partial charge in [-0.25, -0.2) is 0 Å². The molecule has 0 N–H and O–H groups in total. The van der Waals surface area contributed by atoms with Crippen LogP contribution in [0.5, 0.6) is 11.5 Å². The molecule has 1 atom stereocenters. The number of esters is 1. The molecule has 0 radical (unpaired) electrons. The predicted molar refractivity (Wildman–Crippen MR) is 64.4 cm³/mol. The zero-order valence-corrected chi connectivity index (χ0v) is 10.6. The second kappa shape index (κ2) is 6.50. The van der Waals surface area contributed by atoms with Crippen LogP contribution in [-0.4, -0.2) is 26.3 Å². The van der Waals surface area contributed by atoms with Crippen molar-refractivity contribution >= 4 is 5.97 Å². The Bertz CT molecular complexity index is 465. The highest BCUT2D eigenvalue weighted by atomic mass is 16.5. The Kier molecular flexibility index (Phi) is 5.00. The largest absolute Gasteiger partial charge is 0.493 e. The van der Waals surface area contributed by atoms with Gasteiger partial charge in [0.05, 0.1) is 32.3 Å². The Morgan fingerprint density at radius 3 is 2.67 bits per heavy atom. The number of carbonyl (C=O) groups is 1. The molecule has 0 aliphatic rings. The van der Waals surface area contributed by atoms with E-state index in [1.165, 1.54) is 14.2 Å². The second-order valence-corrected chi connectivity index (χ2v) is 3.69. The van der Waals surface area contributed by atoms with Gasteiger partial charge in [-0.2, -0.15) is 5.26 Å². The van der Waals surface area contributed by atoms with Gasteiger partial charge in [-0.15, -0.1) is 0 Å². The smallest absolute Gasteiger partial charge is 0.309 e. The van der Waals surface area contributed by atoms with Gasteiger partial charge in [0.2, 0.25) is 0 Å². The molecule has 0 amide bonds. The number of hydrogen-bond acceptors (Lipinski definition) is 5. The Morgan fingerprint density at radius 1 is 1.39 bits per heavy atom. The fourth-order valence-corrected chi connectivity index (χ4v) is 1.41. The van der Waals surface area contributed by atoms with Crippen LogP contribution in [0.1, 0.15) is 18.9 Å². The molecule has 18 heavy (non-hydrogen) atoms. The van der Waals surface area contributed by atoms with E-state index in [0.717, 1.165) is 0 Å². The van der Waals surface area contributed by atoms with E-state index in [-0.39, 0.29) is 18.5 Å². The van der Waals surface area contributed by atoms with Crippen LogP contribution in [0.15, 0.2) is 18.2 Å². The lowest BCUT2D eigenvalue weighted by atomic mass is 10.2. The number of nitriles is 1. The van der Waals surface area contributed by atoms with E-state index >= 15 is 0 Å². The molecule has 1 unspecified atom stereocenters. The van der Waals surface area contributed by atoms with Crippen molar-refractivity contribution in [2.75, 3.05) is 14.2 Å². The first-order valence-corrected chi connectivity index (χ1v) is 5.42. The lowest BCUT2D eigenvalue weighted by Crippen LogP contribution is -2.18. The van der Waals surface area contributed by atoms with E-state index < -0.39 is 0 Å². The average Bonchev–Trinajstić information content (AvgIpc) is 2.38. The van der Waals surface area contributed by atoms with Crippen LogP contribution >= 0.6 is 0 Å². The van der Waals surface area contributed by atoms with Crippen LogP contribution < -0.4 is 9.47 Å². The Balaban J connectivity index is 2.78. The molecule has 5 nitrogen and oxygen atoms in total. The van der Waals surface area contributed by atoms with Gasteiger partial charge in [0, 0.05) is 6.07 Å². The summed E-state index contributed by atoms with van der Waals surface area (Å²) in [5.41, 5.74) is 0.486. The number of rotatable bonds is 5. The first-order chi connectivity index (χ1) is 8.60. The summed E-state index contributed by atoms with van der Waals surface area (Å²) in [6.45, 7) is 1.76. The van der Waals surface area contributed by atoms with Gasteiger partial charge < -0.3 is 14.2 Å². The highest BCUT2D eigenvalue weighted by Gasteiger charge is 2.13. The molecule has 0 aromatic heterocycles. The number of ether oxygens (including phenoxy) is 3. The van der Waals surface area contributed by atoms with Gasteiger partial charge in [-0.05, 0) is 19.1 Å². The SMILES string of the molecule is COC(=O)CC(C)Oc1ccc(C#N)cc1OC. The van der Waals surface area contributed by atoms with Crippen molar-refractivity contribution in [2.24, 2.45) is 0 Å². The summed E-state index contributed by atoms with van der Waals surface area (Å²) in [5.74, 6) is 0.619. The molecule has 0 spiro atoms. The van der Waals surface area contributed by atoms with Crippen molar-refractivity contribution < 1.29 is 19.0 Å². The monoisotopic (exact) mass is 249 g/mol. The van der Waals surface area contributed by atoms with Crippen molar-refractivity contribution in [1.29, 1.82) is 5.26 Å². The van der Waals surface area contributed by atoms with Crippen LogP contribution in [-0.2, 0) is 9.53 Å². The van der Waals surface area contributed by atoms with Gasteiger partial charge in [0.25, 0.3) is 0 Å². The molecule has 0 bridgehead atoms. The molecular weight excluding hydrogens is 234 g/mol. The fourth-order valence-electron chi connectivity index (χ4n) is 1.41. The molecule has 1 aromatic rings. The molecule has 0 heterocycles. The molecule has 5 heteroatoms. The van der Waals surface area contributed by atoms with Crippen molar-refractivity contribution in [3.05, 3.63) is 23.8 Å². The summed E-state index contributed by atoms with van der Waals surface area (Å²) in [7, 11) is 2.83. The van der Waals surface area contributed by atoms with Crippen LogP contribution in [0.3, 0.4) is 0 Å². The molecule has 0 aliphatic carbocycles.